The normalized spacial score (nSPS) is 11.3. The molecule has 2 aromatic heterocycles. The summed E-state index contributed by atoms with van der Waals surface area (Å²) >= 11 is 6.27. The Morgan fingerprint density at radius 3 is 2.55 bits per heavy atom. The average molecular weight is 465 g/mol. The molecule has 0 aliphatic heterocycles. The number of aliphatic hydroxyl groups is 1. The fourth-order valence-corrected chi connectivity index (χ4v) is 3.84. The molecule has 0 atom stereocenters. The first-order valence-electron chi connectivity index (χ1n) is 9.89. The highest BCUT2D eigenvalue weighted by Crippen LogP contribution is 2.30. The lowest BCUT2D eigenvalue weighted by atomic mass is 10.2. The number of imidazole rings is 1. The molecular weight excluding hydrogens is 450 g/mol. The molecule has 5 rings (SSSR count). The van der Waals surface area contributed by atoms with Crippen LogP contribution in [0.3, 0.4) is 0 Å². The molecule has 1 N–H and O–H groups in total. The summed E-state index contributed by atoms with van der Waals surface area (Å²) in [6.45, 7) is -0.196. The van der Waals surface area contributed by atoms with E-state index in [1.807, 2.05) is 0 Å². The van der Waals surface area contributed by atoms with Crippen LogP contribution >= 0.6 is 11.6 Å². The average Bonchev–Trinajstić information content (AvgIpc) is 3.18. The Morgan fingerprint density at radius 1 is 0.970 bits per heavy atom. The summed E-state index contributed by atoms with van der Waals surface area (Å²) in [5.74, 6) is -1.08. The number of aliphatic hydroxyl groups excluding tert-OH is 1. The van der Waals surface area contributed by atoms with Crippen LogP contribution < -0.4 is 5.56 Å². The SMILES string of the molecule is O=c1ccc(-n2c(-c3ccc(F)cc3F)nc3cc(CO)ccc32)nn1-c1ccccc1Cl. The van der Waals surface area contributed by atoms with Gasteiger partial charge in [0.25, 0.3) is 5.56 Å². The standard InChI is InChI=1S/C24H15ClF2N4O2/c25-17-3-1-2-4-20(17)31-23(33)10-9-22(29-31)30-21-8-5-14(13-32)11-19(21)28-24(30)16-7-6-15(26)12-18(16)27/h1-12,32H,13H2. The van der Waals surface area contributed by atoms with Crippen molar-refractivity contribution in [1.82, 2.24) is 19.3 Å². The van der Waals surface area contributed by atoms with E-state index in [4.69, 9.17) is 11.6 Å². The Kier molecular flexibility index (Phi) is 5.24. The fraction of sp³-hybridized carbons (Fsp3) is 0.0417. The zero-order valence-corrected chi connectivity index (χ0v) is 17.7. The van der Waals surface area contributed by atoms with Crippen molar-refractivity contribution in [2.75, 3.05) is 0 Å². The van der Waals surface area contributed by atoms with Gasteiger partial charge in [0, 0.05) is 12.1 Å². The Balaban J connectivity index is 1.82. The molecule has 0 saturated heterocycles. The van der Waals surface area contributed by atoms with E-state index in [9.17, 15) is 18.7 Å². The maximum absolute atomic E-state index is 14.7. The monoisotopic (exact) mass is 464 g/mol. The van der Waals surface area contributed by atoms with Gasteiger partial charge in [-0.2, -0.15) is 4.68 Å². The highest BCUT2D eigenvalue weighted by molar-refractivity contribution is 6.32. The second-order valence-corrected chi connectivity index (χ2v) is 7.68. The van der Waals surface area contributed by atoms with E-state index in [0.29, 0.717) is 27.3 Å². The van der Waals surface area contributed by atoms with Gasteiger partial charge >= 0.3 is 0 Å². The molecule has 0 unspecified atom stereocenters. The maximum atomic E-state index is 14.7. The van der Waals surface area contributed by atoms with E-state index in [1.54, 1.807) is 47.0 Å². The lowest BCUT2D eigenvalue weighted by molar-refractivity contribution is 0.282. The molecule has 0 radical (unpaired) electrons. The number of para-hydroxylation sites is 1. The van der Waals surface area contributed by atoms with Crippen molar-refractivity contribution in [3.05, 3.63) is 105 Å². The van der Waals surface area contributed by atoms with Gasteiger partial charge in [-0.1, -0.05) is 29.8 Å². The van der Waals surface area contributed by atoms with E-state index in [0.717, 1.165) is 16.8 Å². The van der Waals surface area contributed by atoms with Gasteiger partial charge in [0.2, 0.25) is 0 Å². The van der Waals surface area contributed by atoms with Crippen LogP contribution in [0.15, 0.2) is 77.6 Å². The predicted molar refractivity (Wildman–Crippen MR) is 121 cm³/mol. The van der Waals surface area contributed by atoms with E-state index in [-0.39, 0.29) is 23.8 Å². The van der Waals surface area contributed by atoms with Crippen molar-refractivity contribution in [1.29, 1.82) is 0 Å². The third kappa shape index (κ3) is 3.69. The third-order valence-electron chi connectivity index (χ3n) is 5.17. The van der Waals surface area contributed by atoms with Crippen molar-refractivity contribution in [3.63, 3.8) is 0 Å². The lowest BCUT2D eigenvalue weighted by Crippen LogP contribution is -2.22. The summed E-state index contributed by atoms with van der Waals surface area (Å²) < 4.78 is 31.0. The topological polar surface area (TPSA) is 72.9 Å². The Bertz CT molecular complexity index is 1580. The first-order chi connectivity index (χ1) is 16.0. The summed E-state index contributed by atoms with van der Waals surface area (Å²) in [6, 6.07) is 17.9. The number of rotatable bonds is 4. The predicted octanol–water partition coefficient (Wildman–Crippen LogP) is 4.66. The smallest absolute Gasteiger partial charge is 0.271 e. The summed E-state index contributed by atoms with van der Waals surface area (Å²) in [5.41, 5.74) is 1.67. The van der Waals surface area contributed by atoms with E-state index < -0.39 is 17.2 Å². The quantitative estimate of drug-likeness (QED) is 0.420. The van der Waals surface area contributed by atoms with Crippen molar-refractivity contribution < 1.29 is 13.9 Å². The number of hydrogen-bond donors (Lipinski definition) is 1. The van der Waals surface area contributed by atoms with Crippen LogP contribution in [0.2, 0.25) is 5.02 Å². The summed E-state index contributed by atoms with van der Waals surface area (Å²) in [7, 11) is 0. The van der Waals surface area contributed by atoms with Crippen molar-refractivity contribution in [3.8, 4) is 22.9 Å². The first kappa shape index (κ1) is 21.0. The Morgan fingerprint density at radius 2 is 1.79 bits per heavy atom. The largest absolute Gasteiger partial charge is 0.392 e. The number of fused-ring (bicyclic) bond motifs is 1. The molecule has 0 saturated carbocycles. The van der Waals surface area contributed by atoms with Crippen LogP contribution in [0, 0.1) is 11.6 Å². The van der Waals surface area contributed by atoms with Gasteiger partial charge in [-0.3, -0.25) is 9.36 Å². The number of hydrogen-bond acceptors (Lipinski definition) is 4. The second-order valence-electron chi connectivity index (χ2n) is 7.27. The van der Waals surface area contributed by atoms with E-state index in [1.165, 1.54) is 18.2 Å². The van der Waals surface area contributed by atoms with Crippen LogP contribution in [0.25, 0.3) is 33.9 Å². The molecular formula is C24H15ClF2N4O2. The van der Waals surface area contributed by atoms with Gasteiger partial charge in [0.05, 0.1) is 33.9 Å². The van der Waals surface area contributed by atoms with Gasteiger partial charge < -0.3 is 5.11 Å². The molecule has 0 amide bonds. The number of aromatic nitrogens is 4. The van der Waals surface area contributed by atoms with Gasteiger partial charge in [-0.25, -0.2) is 13.8 Å². The molecule has 0 aliphatic rings. The second kappa shape index (κ2) is 8.23. The van der Waals surface area contributed by atoms with Crippen LogP contribution in [-0.2, 0) is 6.61 Å². The van der Waals surface area contributed by atoms with Gasteiger partial charge in [0.1, 0.15) is 17.5 Å². The molecule has 3 aromatic carbocycles. The fourth-order valence-electron chi connectivity index (χ4n) is 3.62. The van der Waals surface area contributed by atoms with Crippen molar-refractivity contribution in [2.45, 2.75) is 6.61 Å². The van der Waals surface area contributed by atoms with Crippen LogP contribution in [0.1, 0.15) is 5.56 Å². The highest BCUT2D eigenvalue weighted by Gasteiger charge is 2.20. The van der Waals surface area contributed by atoms with Crippen LogP contribution in [0.4, 0.5) is 8.78 Å². The summed E-state index contributed by atoms with van der Waals surface area (Å²) in [6.07, 6.45) is 0. The molecule has 0 fully saturated rings. The number of halogens is 3. The first-order valence-corrected chi connectivity index (χ1v) is 10.3. The van der Waals surface area contributed by atoms with Gasteiger partial charge in [0.15, 0.2) is 5.82 Å². The molecule has 2 heterocycles. The number of nitrogens with zero attached hydrogens (tertiary/aromatic N) is 4. The molecule has 9 heteroatoms. The van der Waals surface area contributed by atoms with Crippen molar-refractivity contribution >= 4 is 22.6 Å². The highest BCUT2D eigenvalue weighted by atomic mass is 35.5. The Hall–Kier alpha value is -3.88. The molecule has 0 spiro atoms. The van der Waals surface area contributed by atoms with E-state index in [2.05, 4.69) is 10.1 Å². The minimum absolute atomic E-state index is 0.0513. The molecule has 0 bridgehead atoms. The van der Waals surface area contributed by atoms with Crippen LogP contribution in [-0.4, -0.2) is 24.4 Å². The molecule has 5 aromatic rings. The molecule has 33 heavy (non-hydrogen) atoms. The summed E-state index contributed by atoms with van der Waals surface area (Å²) in [5, 5.41) is 14.3. The molecule has 6 nitrogen and oxygen atoms in total. The third-order valence-corrected chi connectivity index (χ3v) is 5.49. The van der Waals surface area contributed by atoms with Crippen LogP contribution in [0.5, 0.6) is 0 Å². The Labute approximate surface area is 190 Å². The maximum Gasteiger partial charge on any atom is 0.271 e. The molecule has 164 valence electrons. The lowest BCUT2D eigenvalue weighted by Gasteiger charge is -2.12. The zero-order valence-electron chi connectivity index (χ0n) is 16.9. The van der Waals surface area contributed by atoms with E-state index >= 15 is 0 Å². The summed E-state index contributed by atoms with van der Waals surface area (Å²) in [4.78, 5) is 17.1. The van der Waals surface area contributed by atoms with Crippen molar-refractivity contribution in [2.24, 2.45) is 0 Å². The zero-order chi connectivity index (χ0) is 23.1. The van der Waals surface area contributed by atoms with Gasteiger partial charge in [-0.05, 0) is 48.0 Å². The number of benzene rings is 3. The minimum Gasteiger partial charge on any atom is -0.392 e. The van der Waals surface area contributed by atoms with Gasteiger partial charge in [-0.15, -0.1) is 5.10 Å². The minimum atomic E-state index is -0.798. The molecule has 0 aliphatic carbocycles.